The molecule has 252 valence electrons. The Morgan fingerprint density at radius 3 is 2.02 bits per heavy atom. The molecule has 48 heavy (non-hydrogen) atoms. The number of rotatable bonds is 18. The molecule has 3 aromatic rings. The molecule has 0 radical (unpaired) electrons. The minimum atomic E-state index is -5.43. The summed E-state index contributed by atoms with van der Waals surface area (Å²) in [5, 5.41) is 6.09. The zero-order valence-electron chi connectivity index (χ0n) is 28.2. The van der Waals surface area contributed by atoms with E-state index in [0.29, 0.717) is 12.8 Å². The quantitative estimate of drug-likeness (QED) is 0.0534. The molecule has 0 fully saturated rings. The van der Waals surface area contributed by atoms with Crippen LogP contribution < -0.4 is 85.3 Å². The molecule has 3 rings (SSSR count). The average molecular weight is 723 g/mol. The number of nitrogen functional groups attached to an aromatic ring is 1. The molecule has 2 atom stereocenters. The predicted molar refractivity (Wildman–Crippen MR) is 171 cm³/mol. The summed E-state index contributed by atoms with van der Waals surface area (Å²) in [5.41, 5.74) is 7.23. The van der Waals surface area contributed by atoms with Crippen LogP contribution in [0, 0.1) is 11.7 Å². The first-order chi connectivity index (χ1) is 21.7. The molecule has 0 saturated heterocycles. The zero-order chi connectivity index (χ0) is 33.9. The van der Waals surface area contributed by atoms with Gasteiger partial charge in [-0.15, -0.1) is 0 Å². The number of anilines is 1. The Kier molecular flexibility index (Phi) is 19.9. The van der Waals surface area contributed by atoms with Crippen LogP contribution in [-0.2, 0) is 23.9 Å². The summed E-state index contributed by atoms with van der Waals surface area (Å²) in [6, 6.07) is 20.8. The van der Waals surface area contributed by atoms with Gasteiger partial charge in [0.15, 0.2) is 0 Å². The second kappa shape index (κ2) is 21.3. The maximum absolute atomic E-state index is 14.2. The number of benzene rings is 3. The number of likely N-dealkylation sites (N-methyl/N-ethyl adjacent to an activating group) is 1. The number of nitrogens with zero attached hydrogens (tertiary/aromatic N) is 1. The van der Waals surface area contributed by atoms with Gasteiger partial charge in [-0.2, -0.15) is 4.31 Å². The van der Waals surface area contributed by atoms with Gasteiger partial charge in [0.2, 0.25) is 15.9 Å². The average Bonchev–Trinajstić information content (AvgIpc) is 3.01. The number of carbonyl (C=O) groups is 1. The molecule has 0 aliphatic heterocycles. The van der Waals surface area contributed by atoms with Crippen molar-refractivity contribution in [1.82, 2.24) is 14.9 Å². The Bertz CT molecular complexity index is 1530. The number of phosphoric acid groups is 1. The number of sulfonamides is 1. The van der Waals surface area contributed by atoms with Gasteiger partial charge in [0.05, 0.1) is 31.1 Å². The first kappa shape index (κ1) is 44.9. The number of nitrogens with one attached hydrogen (secondary N) is 2. The number of halogens is 1. The molecule has 0 saturated carbocycles. The summed E-state index contributed by atoms with van der Waals surface area (Å²) in [6.45, 7) is 3.02. The number of nitrogens with two attached hydrogens (primary N) is 1. The minimum absolute atomic E-state index is 0. The van der Waals surface area contributed by atoms with E-state index in [1.165, 1.54) is 0 Å². The van der Waals surface area contributed by atoms with Crippen molar-refractivity contribution in [2.24, 2.45) is 5.92 Å². The van der Waals surface area contributed by atoms with Gasteiger partial charge in [0.25, 0.3) is 0 Å². The molecule has 0 spiro atoms. The Morgan fingerprint density at radius 1 is 0.979 bits per heavy atom. The summed E-state index contributed by atoms with van der Waals surface area (Å²) in [4.78, 5) is 35.8. The van der Waals surface area contributed by atoms with Crippen molar-refractivity contribution in [3.05, 3.63) is 95.8 Å². The van der Waals surface area contributed by atoms with E-state index >= 15 is 0 Å². The molecule has 16 heteroatoms. The second-order valence-electron chi connectivity index (χ2n) is 11.4. The van der Waals surface area contributed by atoms with Gasteiger partial charge < -0.3 is 35.2 Å². The molecule has 3 aromatic carbocycles. The van der Waals surface area contributed by atoms with Gasteiger partial charge in [-0.1, -0.05) is 80.9 Å². The fourth-order valence-corrected chi connectivity index (χ4v) is 7.44. The summed E-state index contributed by atoms with van der Waals surface area (Å²) in [7, 11) is -8.06. The van der Waals surface area contributed by atoms with Crippen molar-refractivity contribution in [3.63, 3.8) is 0 Å². The SMILES string of the molecule is CN[C@H](C(=O)NCCCC[C@@H](COP(=O)([O-])[O-])N(CC(C)C)S(=O)(=O)c1ccc(N)c(F)c1)C(c1ccccc1)c1ccccc1.[Na+].[Na+]. The molecular formula is C32H42FN4Na2O7PS. The Balaban J connectivity index is 0.00000576. The van der Waals surface area contributed by atoms with Crippen LogP contribution in [0.2, 0.25) is 0 Å². The number of amides is 1. The van der Waals surface area contributed by atoms with Gasteiger partial charge in [-0.25, -0.2) is 12.8 Å². The second-order valence-corrected chi connectivity index (χ2v) is 14.4. The molecule has 0 aliphatic carbocycles. The van der Waals surface area contributed by atoms with Gasteiger partial charge >= 0.3 is 59.1 Å². The Morgan fingerprint density at radius 2 is 1.54 bits per heavy atom. The molecule has 0 aromatic heterocycles. The van der Waals surface area contributed by atoms with Gasteiger partial charge in [0, 0.05) is 25.0 Å². The number of hydrogen-bond acceptors (Lipinski definition) is 9. The third-order valence-corrected chi connectivity index (χ3v) is 9.84. The third-order valence-electron chi connectivity index (χ3n) is 7.46. The molecule has 0 unspecified atom stereocenters. The fraction of sp³-hybridized carbons (Fsp3) is 0.406. The Hall–Kier alpha value is -1.16. The van der Waals surface area contributed by atoms with E-state index in [1.54, 1.807) is 20.9 Å². The van der Waals surface area contributed by atoms with Crippen molar-refractivity contribution < 1.29 is 95.6 Å². The minimum Gasteiger partial charge on any atom is -0.790 e. The summed E-state index contributed by atoms with van der Waals surface area (Å²) in [6.07, 6.45) is 0.867. The van der Waals surface area contributed by atoms with Crippen molar-refractivity contribution in [1.29, 1.82) is 0 Å². The summed E-state index contributed by atoms with van der Waals surface area (Å²) >= 11 is 0. The number of hydrogen-bond donors (Lipinski definition) is 3. The van der Waals surface area contributed by atoms with Crippen LogP contribution in [0.15, 0.2) is 83.8 Å². The van der Waals surface area contributed by atoms with E-state index in [9.17, 15) is 32.0 Å². The van der Waals surface area contributed by atoms with E-state index in [2.05, 4.69) is 15.2 Å². The van der Waals surface area contributed by atoms with Crippen molar-refractivity contribution in [2.75, 3.05) is 32.5 Å². The maximum atomic E-state index is 14.2. The standard InChI is InChI=1S/C32H44FN4O7PS.2Na/c1-23(2)21-37(46(42,43)27-17-18-29(34)28(33)20-27)26(22-44-45(39,40)41)16-10-11-19-36-32(38)31(35-3)30(24-12-6-4-7-13-24)25-14-8-5-9-15-25;;/h4-9,12-15,17-18,20,23,26,30-31,35H,10-11,16,19,21-22,34H2,1-3H3,(H,36,38)(H2,39,40,41);;/q;2*+1/p-2/t26-,31-;;/m0../s1. The number of unbranched alkanes of at least 4 members (excludes halogenated alkanes) is 1. The molecule has 1 amide bonds. The summed E-state index contributed by atoms with van der Waals surface area (Å²) < 4.78 is 58.5. The van der Waals surface area contributed by atoms with Crippen LogP contribution in [0.3, 0.4) is 0 Å². The van der Waals surface area contributed by atoms with Crippen LogP contribution in [0.25, 0.3) is 0 Å². The van der Waals surface area contributed by atoms with Crippen LogP contribution in [-0.4, -0.2) is 57.5 Å². The van der Waals surface area contributed by atoms with E-state index in [1.807, 2.05) is 60.7 Å². The molecule has 0 bridgehead atoms. The molecule has 11 nitrogen and oxygen atoms in total. The molecular weight excluding hydrogens is 680 g/mol. The van der Waals surface area contributed by atoms with Crippen LogP contribution in [0.4, 0.5) is 10.1 Å². The monoisotopic (exact) mass is 722 g/mol. The Labute approximate surface area is 327 Å². The van der Waals surface area contributed by atoms with E-state index in [0.717, 1.165) is 33.6 Å². The van der Waals surface area contributed by atoms with E-state index < -0.39 is 42.4 Å². The largest absolute Gasteiger partial charge is 1.00 e. The first-order valence-electron chi connectivity index (χ1n) is 15.0. The van der Waals surface area contributed by atoms with Crippen LogP contribution in [0.1, 0.15) is 50.2 Å². The van der Waals surface area contributed by atoms with E-state index in [-0.39, 0.29) is 107 Å². The van der Waals surface area contributed by atoms with Gasteiger partial charge in [-0.05, 0) is 55.1 Å². The normalized spacial score (nSPS) is 13.1. The predicted octanol–water partition coefficient (Wildman–Crippen LogP) is -3.02. The van der Waals surface area contributed by atoms with Crippen molar-refractivity contribution in [3.8, 4) is 0 Å². The van der Waals surface area contributed by atoms with Gasteiger partial charge in [0.1, 0.15) is 5.82 Å². The number of phosphoric ester groups is 1. The molecule has 0 heterocycles. The first-order valence-corrected chi connectivity index (χ1v) is 17.9. The fourth-order valence-electron chi connectivity index (χ4n) is 5.27. The van der Waals surface area contributed by atoms with Crippen molar-refractivity contribution >= 4 is 29.4 Å². The zero-order valence-corrected chi connectivity index (χ0v) is 33.9. The molecule has 4 N–H and O–H groups in total. The van der Waals surface area contributed by atoms with Gasteiger partial charge in [-0.3, -0.25) is 4.79 Å². The van der Waals surface area contributed by atoms with E-state index in [4.69, 9.17) is 5.73 Å². The maximum Gasteiger partial charge on any atom is 1.00 e. The summed E-state index contributed by atoms with van der Waals surface area (Å²) in [5.74, 6) is -1.62. The number of carbonyl (C=O) groups excluding carboxylic acids is 1. The van der Waals surface area contributed by atoms with Crippen LogP contribution >= 0.6 is 7.82 Å². The smallest absolute Gasteiger partial charge is 0.790 e. The van der Waals surface area contributed by atoms with Crippen LogP contribution in [0.5, 0.6) is 0 Å². The third kappa shape index (κ3) is 13.5. The topological polar surface area (TPSA) is 177 Å². The van der Waals surface area contributed by atoms with Crippen molar-refractivity contribution in [2.45, 2.75) is 56.0 Å². The molecule has 0 aliphatic rings.